The van der Waals surface area contributed by atoms with Gasteiger partial charge in [0.15, 0.2) is 0 Å². The average Bonchev–Trinajstić information content (AvgIpc) is 2.56. The maximum Gasteiger partial charge on any atom is 0.246 e. The molecule has 0 aliphatic heterocycles. The number of hydroxylamine groups is 1. The molecule has 1 amide bonds. The molecule has 2 aromatic carbocycles. The predicted molar refractivity (Wildman–Crippen MR) is 87.8 cm³/mol. The zero-order valence-corrected chi connectivity index (χ0v) is 13.5. The number of benzene rings is 2. The van der Waals surface area contributed by atoms with Crippen molar-refractivity contribution in [1.82, 2.24) is 5.48 Å². The van der Waals surface area contributed by atoms with Crippen LogP contribution in [0.5, 0.6) is 0 Å². The number of rotatable bonds is 6. The molecule has 0 bridgehead atoms. The number of nitrogens with one attached hydrogen (secondary N) is 1. The van der Waals surface area contributed by atoms with Crippen molar-refractivity contribution in [3.05, 3.63) is 70.5 Å². The lowest BCUT2D eigenvalue weighted by Gasteiger charge is -2.16. The molecule has 0 saturated carbocycles. The van der Waals surface area contributed by atoms with E-state index >= 15 is 0 Å². The largest absolute Gasteiger partial charge is 0.289 e. The molecule has 3 nitrogen and oxygen atoms in total. The van der Waals surface area contributed by atoms with Crippen LogP contribution in [0.15, 0.2) is 42.5 Å². The van der Waals surface area contributed by atoms with Gasteiger partial charge in [-0.2, -0.15) is 0 Å². The SMILES string of the molecule is Cc1cc(C[C@H](CCc2ccccc2)C(=O)NO)cc(C)c1F. The predicted octanol–water partition coefficient (Wildman–Crippen LogP) is 3.74. The number of hydrogen-bond acceptors (Lipinski definition) is 2. The first-order valence-corrected chi connectivity index (χ1v) is 7.74. The Morgan fingerprint density at radius 3 is 2.30 bits per heavy atom. The van der Waals surface area contributed by atoms with Crippen LogP contribution in [0.1, 0.15) is 28.7 Å². The highest BCUT2D eigenvalue weighted by Crippen LogP contribution is 2.20. The highest BCUT2D eigenvalue weighted by atomic mass is 19.1. The molecule has 0 aromatic heterocycles. The molecule has 1 atom stereocenters. The smallest absolute Gasteiger partial charge is 0.246 e. The van der Waals surface area contributed by atoms with Crippen molar-refractivity contribution in [2.24, 2.45) is 5.92 Å². The fraction of sp³-hybridized carbons (Fsp3) is 0.316. The number of carbonyl (C=O) groups excluding carboxylic acids is 1. The molecule has 2 rings (SSSR count). The summed E-state index contributed by atoms with van der Waals surface area (Å²) < 4.78 is 13.7. The Hall–Kier alpha value is -2.20. The van der Waals surface area contributed by atoms with Gasteiger partial charge in [0, 0.05) is 5.92 Å². The first-order chi connectivity index (χ1) is 11.0. The second-order valence-electron chi connectivity index (χ2n) is 5.94. The average molecular weight is 315 g/mol. The first kappa shape index (κ1) is 17.2. The summed E-state index contributed by atoms with van der Waals surface area (Å²) in [5.41, 5.74) is 4.95. The third kappa shape index (κ3) is 4.63. The summed E-state index contributed by atoms with van der Waals surface area (Å²) in [4.78, 5) is 11.9. The van der Waals surface area contributed by atoms with Gasteiger partial charge in [-0.25, -0.2) is 9.87 Å². The van der Waals surface area contributed by atoms with Crippen molar-refractivity contribution in [3.8, 4) is 0 Å². The standard InChI is InChI=1S/C19H22FNO2/c1-13-10-16(11-14(2)18(13)20)12-17(19(22)21-23)9-8-15-6-4-3-5-7-15/h3-7,10-11,17,23H,8-9,12H2,1-2H3,(H,21,22)/t17-/m0/s1. The Morgan fingerprint density at radius 1 is 1.13 bits per heavy atom. The van der Waals surface area contributed by atoms with Crippen LogP contribution < -0.4 is 5.48 Å². The molecule has 0 aliphatic rings. The van der Waals surface area contributed by atoms with E-state index in [2.05, 4.69) is 0 Å². The molecule has 0 fully saturated rings. The van der Waals surface area contributed by atoms with E-state index in [4.69, 9.17) is 5.21 Å². The minimum atomic E-state index is -0.402. The number of carbonyl (C=O) groups is 1. The Kier molecular flexibility index (Phi) is 5.88. The second kappa shape index (κ2) is 7.88. The van der Waals surface area contributed by atoms with E-state index in [9.17, 15) is 9.18 Å². The fourth-order valence-corrected chi connectivity index (χ4v) is 2.84. The second-order valence-corrected chi connectivity index (χ2v) is 5.94. The molecular weight excluding hydrogens is 293 g/mol. The zero-order chi connectivity index (χ0) is 16.8. The number of aryl methyl sites for hydroxylation is 3. The Morgan fingerprint density at radius 2 is 1.74 bits per heavy atom. The topological polar surface area (TPSA) is 49.3 Å². The van der Waals surface area contributed by atoms with E-state index in [-0.39, 0.29) is 11.7 Å². The van der Waals surface area contributed by atoms with E-state index in [0.29, 0.717) is 24.0 Å². The van der Waals surface area contributed by atoms with Crippen molar-refractivity contribution < 1.29 is 14.4 Å². The Labute approximate surface area is 136 Å². The lowest BCUT2D eigenvalue weighted by molar-refractivity contribution is -0.133. The quantitative estimate of drug-likeness (QED) is 0.630. The third-order valence-corrected chi connectivity index (χ3v) is 4.08. The summed E-state index contributed by atoms with van der Waals surface area (Å²) >= 11 is 0. The monoisotopic (exact) mass is 315 g/mol. The van der Waals surface area contributed by atoms with Gasteiger partial charge in [0.2, 0.25) is 5.91 Å². The number of halogens is 1. The Bertz CT molecular complexity index is 647. The maximum atomic E-state index is 13.7. The van der Waals surface area contributed by atoms with Gasteiger partial charge in [-0.05, 0) is 55.4 Å². The molecule has 0 heterocycles. The van der Waals surface area contributed by atoms with Crippen molar-refractivity contribution in [1.29, 1.82) is 0 Å². The normalized spacial score (nSPS) is 12.0. The molecule has 0 aliphatic carbocycles. The molecular formula is C19H22FNO2. The summed E-state index contributed by atoms with van der Waals surface area (Å²) in [6.07, 6.45) is 1.84. The van der Waals surface area contributed by atoms with E-state index in [1.165, 1.54) is 0 Å². The molecule has 0 radical (unpaired) electrons. The highest BCUT2D eigenvalue weighted by Gasteiger charge is 2.19. The van der Waals surface area contributed by atoms with Gasteiger partial charge < -0.3 is 0 Å². The minimum absolute atomic E-state index is 0.207. The van der Waals surface area contributed by atoms with Gasteiger partial charge in [-0.1, -0.05) is 42.5 Å². The van der Waals surface area contributed by atoms with Gasteiger partial charge in [0.1, 0.15) is 5.82 Å². The number of amides is 1. The van der Waals surface area contributed by atoms with Crippen LogP contribution in [0, 0.1) is 25.6 Å². The molecule has 2 aromatic rings. The summed E-state index contributed by atoms with van der Waals surface area (Å²) in [7, 11) is 0. The van der Waals surface area contributed by atoms with E-state index < -0.39 is 5.91 Å². The molecule has 2 N–H and O–H groups in total. The van der Waals surface area contributed by atoms with Crippen molar-refractivity contribution >= 4 is 5.91 Å². The number of hydrogen-bond donors (Lipinski definition) is 2. The first-order valence-electron chi connectivity index (χ1n) is 7.74. The van der Waals surface area contributed by atoms with Crippen molar-refractivity contribution in [3.63, 3.8) is 0 Å². The van der Waals surface area contributed by atoms with Crippen LogP contribution >= 0.6 is 0 Å². The molecule has 0 saturated heterocycles. The van der Waals surface area contributed by atoms with Gasteiger partial charge in [-0.15, -0.1) is 0 Å². The molecule has 23 heavy (non-hydrogen) atoms. The molecule has 0 unspecified atom stereocenters. The maximum absolute atomic E-state index is 13.7. The van der Waals surface area contributed by atoms with Gasteiger partial charge in [-0.3, -0.25) is 10.0 Å². The van der Waals surface area contributed by atoms with Gasteiger partial charge >= 0.3 is 0 Å². The highest BCUT2D eigenvalue weighted by molar-refractivity contribution is 5.77. The van der Waals surface area contributed by atoms with Gasteiger partial charge in [0.05, 0.1) is 0 Å². The van der Waals surface area contributed by atoms with Crippen LogP contribution in [0.25, 0.3) is 0 Å². The van der Waals surface area contributed by atoms with Crippen LogP contribution in [-0.2, 0) is 17.6 Å². The minimum Gasteiger partial charge on any atom is -0.289 e. The van der Waals surface area contributed by atoms with Crippen LogP contribution in [0.2, 0.25) is 0 Å². The molecule has 0 spiro atoms. The van der Waals surface area contributed by atoms with Crippen molar-refractivity contribution in [2.75, 3.05) is 0 Å². The van der Waals surface area contributed by atoms with Crippen molar-refractivity contribution in [2.45, 2.75) is 33.1 Å². The van der Waals surface area contributed by atoms with E-state index in [1.54, 1.807) is 31.5 Å². The zero-order valence-electron chi connectivity index (χ0n) is 13.5. The van der Waals surface area contributed by atoms with Crippen LogP contribution in [0.3, 0.4) is 0 Å². The van der Waals surface area contributed by atoms with Crippen LogP contribution in [0.4, 0.5) is 4.39 Å². The van der Waals surface area contributed by atoms with E-state index in [1.807, 2.05) is 30.3 Å². The van der Waals surface area contributed by atoms with Crippen LogP contribution in [-0.4, -0.2) is 11.1 Å². The summed E-state index contributed by atoms with van der Waals surface area (Å²) in [5.74, 6) is -0.966. The summed E-state index contributed by atoms with van der Waals surface area (Å²) in [5, 5.41) is 8.97. The molecule has 122 valence electrons. The Balaban J connectivity index is 2.11. The third-order valence-electron chi connectivity index (χ3n) is 4.08. The van der Waals surface area contributed by atoms with E-state index in [0.717, 1.165) is 17.5 Å². The fourth-order valence-electron chi connectivity index (χ4n) is 2.84. The lowest BCUT2D eigenvalue weighted by atomic mass is 9.91. The van der Waals surface area contributed by atoms with Gasteiger partial charge in [0.25, 0.3) is 0 Å². The summed E-state index contributed by atoms with van der Waals surface area (Å²) in [6, 6.07) is 13.4. The summed E-state index contributed by atoms with van der Waals surface area (Å²) in [6.45, 7) is 3.44. The molecule has 4 heteroatoms. The lowest BCUT2D eigenvalue weighted by Crippen LogP contribution is -2.29.